The minimum absolute atomic E-state index is 0.118. The number of carbonyl (C=O) groups excluding carboxylic acids is 4. The number of Topliss-reactive ketones (excluding diaryl/α,β-unsaturated/α-hetero) is 1. The van der Waals surface area contributed by atoms with Gasteiger partial charge < -0.3 is 9.88 Å². The van der Waals surface area contributed by atoms with Crippen molar-refractivity contribution < 1.29 is 19.2 Å². The van der Waals surface area contributed by atoms with Crippen molar-refractivity contribution in [3.8, 4) is 0 Å². The van der Waals surface area contributed by atoms with Crippen molar-refractivity contribution in [3.05, 3.63) is 99.2 Å². The highest BCUT2D eigenvalue weighted by Crippen LogP contribution is 2.34. The predicted molar refractivity (Wildman–Crippen MR) is 142 cm³/mol. The first kappa shape index (κ1) is 23.8. The summed E-state index contributed by atoms with van der Waals surface area (Å²) in [5.41, 5.74) is 2.01. The van der Waals surface area contributed by atoms with E-state index >= 15 is 0 Å². The minimum atomic E-state index is -0.500. The number of nitrogens with zero attached hydrogens (tertiary/aromatic N) is 2. The number of rotatable bonds is 8. The van der Waals surface area contributed by atoms with Crippen LogP contribution in [-0.4, -0.2) is 38.8 Å². The van der Waals surface area contributed by atoms with Crippen molar-refractivity contribution in [2.24, 2.45) is 0 Å². The molecule has 1 aliphatic heterocycles. The fourth-order valence-corrected chi connectivity index (χ4v) is 5.44. The first-order valence-corrected chi connectivity index (χ1v) is 12.9. The zero-order chi connectivity index (χ0) is 25.1. The normalized spacial score (nSPS) is 14.7. The highest BCUT2D eigenvalue weighted by Gasteiger charge is 2.36. The third-order valence-corrected chi connectivity index (χ3v) is 7.51. The predicted octanol–water partition coefficient (Wildman–Crippen LogP) is 4.94. The fourth-order valence-electron chi connectivity index (χ4n) is 3.97. The third-order valence-electron chi connectivity index (χ3n) is 5.73. The standard InChI is InChI=1S/C27H21N3O4S2/c31-23(18-7-2-1-3-8-18)16-30-26(33)24(36-27(30)34)13-19-15-29(22-11-5-4-10-21(19)22)17-25(32)28-14-20-9-6-12-35-20/h1-13,15H,14,16-17H2,(H,28,32)/b24-13-. The first-order chi connectivity index (χ1) is 17.5. The number of amides is 3. The number of fused-ring (bicyclic) bond motifs is 1. The molecule has 9 heteroatoms. The molecule has 3 heterocycles. The summed E-state index contributed by atoms with van der Waals surface area (Å²) in [5, 5.41) is 5.27. The van der Waals surface area contributed by atoms with Crippen LogP contribution in [0.25, 0.3) is 17.0 Å². The van der Waals surface area contributed by atoms with Gasteiger partial charge in [0.15, 0.2) is 5.78 Å². The Balaban J connectivity index is 1.35. The van der Waals surface area contributed by atoms with Crippen LogP contribution < -0.4 is 5.32 Å². The zero-order valence-electron chi connectivity index (χ0n) is 19.0. The molecule has 0 saturated carbocycles. The van der Waals surface area contributed by atoms with Crippen molar-refractivity contribution in [2.75, 3.05) is 6.54 Å². The second-order valence-corrected chi connectivity index (χ2v) is 10.2. The van der Waals surface area contributed by atoms with E-state index in [0.717, 1.165) is 38.0 Å². The number of imide groups is 1. The zero-order valence-corrected chi connectivity index (χ0v) is 20.7. The van der Waals surface area contributed by atoms with Crippen LogP contribution in [0, 0.1) is 0 Å². The van der Waals surface area contributed by atoms with Crippen LogP contribution in [0.5, 0.6) is 0 Å². The molecule has 1 N–H and O–H groups in total. The monoisotopic (exact) mass is 515 g/mol. The molecule has 2 aromatic heterocycles. The van der Waals surface area contributed by atoms with Gasteiger partial charge in [0.1, 0.15) is 6.54 Å². The SMILES string of the molecule is O=C(Cn1cc(/C=C2\SC(=O)N(CC(=O)c3ccccc3)C2=O)c2ccccc21)NCc1cccs1. The number of nitrogens with one attached hydrogen (secondary N) is 1. The molecule has 1 fully saturated rings. The molecule has 0 atom stereocenters. The van der Waals surface area contributed by atoms with E-state index in [1.165, 1.54) is 0 Å². The fraction of sp³-hybridized carbons (Fsp3) is 0.111. The Hall–Kier alpha value is -3.95. The Kier molecular flexibility index (Phi) is 6.84. The van der Waals surface area contributed by atoms with Gasteiger partial charge in [0.25, 0.3) is 11.1 Å². The molecular formula is C27H21N3O4S2. The van der Waals surface area contributed by atoms with Crippen LogP contribution in [0.3, 0.4) is 0 Å². The summed E-state index contributed by atoms with van der Waals surface area (Å²) >= 11 is 2.39. The van der Waals surface area contributed by atoms with Crippen molar-refractivity contribution in [2.45, 2.75) is 13.1 Å². The lowest BCUT2D eigenvalue weighted by Crippen LogP contribution is -2.33. The Morgan fingerprint density at radius 1 is 0.917 bits per heavy atom. The van der Waals surface area contributed by atoms with Gasteiger partial charge in [0.2, 0.25) is 5.91 Å². The Morgan fingerprint density at radius 2 is 1.69 bits per heavy atom. The quantitative estimate of drug-likeness (QED) is 0.265. The lowest BCUT2D eigenvalue weighted by Gasteiger charge is -2.11. The maximum atomic E-state index is 13.0. The van der Waals surface area contributed by atoms with E-state index in [0.29, 0.717) is 12.1 Å². The molecule has 0 bridgehead atoms. The number of benzene rings is 2. The Labute approximate surface area is 215 Å². The molecule has 0 spiro atoms. The second-order valence-electron chi connectivity index (χ2n) is 8.14. The Bertz CT molecular complexity index is 1490. The molecule has 36 heavy (non-hydrogen) atoms. The number of thioether (sulfide) groups is 1. The van der Waals surface area contributed by atoms with E-state index in [1.807, 2.05) is 46.3 Å². The smallest absolute Gasteiger partial charge is 0.293 e. The molecule has 4 aromatic rings. The Morgan fingerprint density at radius 3 is 2.47 bits per heavy atom. The maximum absolute atomic E-state index is 13.0. The van der Waals surface area contributed by atoms with Gasteiger partial charge in [0.05, 0.1) is 18.0 Å². The molecule has 1 saturated heterocycles. The molecule has 180 valence electrons. The van der Waals surface area contributed by atoms with E-state index in [4.69, 9.17) is 0 Å². The highest BCUT2D eigenvalue weighted by molar-refractivity contribution is 8.18. The summed E-state index contributed by atoms with van der Waals surface area (Å²) in [6.07, 6.45) is 3.46. The first-order valence-electron chi connectivity index (χ1n) is 11.2. The number of hydrogen-bond donors (Lipinski definition) is 1. The summed E-state index contributed by atoms with van der Waals surface area (Å²) < 4.78 is 1.83. The molecule has 0 unspecified atom stereocenters. The minimum Gasteiger partial charge on any atom is -0.350 e. The number of ketones is 1. The van der Waals surface area contributed by atoms with Crippen LogP contribution in [-0.2, 0) is 22.7 Å². The van der Waals surface area contributed by atoms with Crippen LogP contribution >= 0.6 is 23.1 Å². The molecule has 3 amide bonds. The summed E-state index contributed by atoms with van der Waals surface area (Å²) in [7, 11) is 0. The second kappa shape index (κ2) is 10.3. The summed E-state index contributed by atoms with van der Waals surface area (Å²) in [5.74, 6) is -0.931. The maximum Gasteiger partial charge on any atom is 0.293 e. The number of para-hydroxylation sites is 1. The number of hydrogen-bond acceptors (Lipinski definition) is 6. The summed E-state index contributed by atoms with van der Waals surface area (Å²) in [4.78, 5) is 53.0. The molecule has 1 aliphatic rings. The van der Waals surface area contributed by atoms with Gasteiger partial charge in [0, 0.05) is 33.1 Å². The lowest BCUT2D eigenvalue weighted by atomic mass is 10.1. The van der Waals surface area contributed by atoms with Crippen molar-refractivity contribution >= 4 is 62.9 Å². The van der Waals surface area contributed by atoms with Crippen LogP contribution in [0.15, 0.2) is 83.2 Å². The van der Waals surface area contributed by atoms with Gasteiger partial charge in [-0.15, -0.1) is 11.3 Å². The number of aromatic nitrogens is 1. The van der Waals surface area contributed by atoms with Crippen LogP contribution in [0.1, 0.15) is 20.8 Å². The highest BCUT2D eigenvalue weighted by atomic mass is 32.2. The average Bonchev–Trinajstić information content (AvgIpc) is 3.60. The molecule has 0 radical (unpaired) electrons. The van der Waals surface area contributed by atoms with E-state index < -0.39 is 11.1 Å². The summed E-state index contributed by atoms with van der Waals surface area (Å²) in [6.45, 7) is 0.280. The molecule has 7 nitrogen and oxygen atoms in total. The van der Waals surface area contributed by atoms with Crippen molar-refractivity contribution in [3.63, 3.8) is 0 Å². The largest absolute Gasteiger partial charge is 0.350 e. The van der Waals surface area contributed by atoms with Gasteiger partial charge in [-0.1, -0.05) is 54.6 Å². The van der Waals surface area contributed by atoms with Gasteiger partial charge in [-0.3, -0.25) is 24.1 Å². The topological polar surface area (TPSA) is 88.5 Å². The van der Waals surface area contributed by atoms with Crippen LogP contribution in [0.2, 0.25) is 0 Å². The van der Waals surface area contributed by atoms with Gasteiger partial charge in [-0.2, -0.15) is 0 Å². The van der Waals surface area contributed by atoms with E-state index in [9.17, 15) is 19.2 Å². The molecule has 0 aliphatic carbocycles. The van der Waals surface area contributed by atoms with E-state index in [2.05, 4.69) is 5.32 Å². The number of carbonyl (C=O) groups is 4. The number of thiophene rings is 1. The van der Waals surface area contributed by atoms with Crippen LogP contribution in [0.4, 0.5) is 4.79 Å². The molecule has 2 aromatic carbocycles. The van der Waals surface area contributed by atoms with E-state index in [-0.39, 0.29) is 29.7 Å². The van der Waals surface area contributed by atoms with Crippen molar-refractivity contribution in [1.29, 1.82) is 0 Å². The lowest BCUT2D eigenvalue weighted by molar-refractivity contribution is -0.123. The molecular weight excluding hydrogens is 494 g/mol. The third kappa shape index (κ3) is 5.02. The average molecular weight is 516 g/mol. The van der Waals surface area contributed by atoms with Crippen molar-refractivity contribution in [1.82, 2.24) is 14.8 Å². The van der Waals surface area contributed by atoms with Gasteiger partial charge >= 0.3 is 0 Å². The van der Waals surface area contributed by atoms with Gasteiger partial charge in [-0.05, 0) is 35.4 Å². The van der Waals surface area contributed by atoms with Gasteiger partial charge in [-0.25, -0.2) is 0 Å². The van der Waals surface area contributed by atoms with E-state index in [1.54, 1.807) is 53.9 Å². The molecule has 5 rings (SSSR count). The summed E-state index contributed by atoms with van der Waals surface area (Å²) in [6, 6.07) is 20.1.